The molecule has 1 aliphatic heterocycles. The third-order valence-electron chi connectivity index (χ3n) is 2.19. The minimum atomic E-state index is -0.993. The summed E-state index contributed by atoms with van der Waals surface area (Å²) in [6.45, 7) is 5.66. The normalized spacial score (nSPS) is 20.6. The summed E-state index contributed by atoms with van der Waals surface area (Å²) in [5, 5.41) is 12.1. The minimum Gasteiger partial charge on any atom is -0.479 e. The number of carbonyl (C=O) groups is 1. The molecule has 0 radical (unpaired) electrons. The van der Waals surface area contributed by atoms with E-state index in [9.17, 15) is 4.79 Å². The van der Waals surface area contributed by atoms with Crippen molar-refractivity contribution >= 4 is 11.7 Å². The van der Waals surface area contributed by atoms with Crippen molar-refractivity contribution in [3.05, 3.63) is 0 Å². The van der Waals surface area contributed by atoms with Crippen molar-refractivity contribution in [3.8, 4) is 0 Å². The van der Waals surface area contributed by atoms with Crippen LogP contribution in [0, 0.1) is 0 Å². The number of carboxylic acids is 1. The first-order valence-electron chi connectivity index (χ1n) is 4.73. The van der Waals surface area contributed by atoms with Gasteiger partial charge in [0.05, 0.1) is 5.71 Å². The van der Waals surface area contributed by atoms with Crippen molar-refractivity contribution in [2.75, 3.05) is 19.7 Å². The average molecular weight is 200 g/mol. The lowest BCUT2D eigenvalue weighted by Crippen LogP contribution is -2.28. The number of likely N-dealkylation sites (tertiary alicyclic amines) is 1. The smallest absolute Gasteiger partial charge is 0.344 e. The lowest BCUT2D eigenvalue weighted by molar-refractivity contribution is -0.142. The van der Waals surface area contributed by atoms with Gasteiger partial charge in [0.2, 0.25) is 6.61 Å². The lowest BCUT2D eigenvalue weighted by Gasteiger charge is -2.17. The van der Waals surface area contributed by atoms with Crippen LogP contribution in [-0.4, -0.2) is 47.4 Å². The zero-order valence-electron chi connectivity index (χ0n) is 8.56. The highest BCUT2D eigenvalue weighted by Gasteiger charge is 2.20. The summed E-state index contributed by atoms with van der Waals surface area (Å²) in [5.74, 6) is -0.993. The predicted octanol–water partition coefficient (Wildman–Crippen LogP) is 0.558. The topological polar surface area (TPSA) is 62.1 Å². The van der Waals surface area contributed by atoms with E-state index in [2.05, 4.69) is 28.7 Å². The van der Waals surface area contributed by atoms with Crippen LogP contribution >= 0.6 is 0 Å². The summed E-state index contributed by atoms with van der Waals surface area (Å²) in [7, 11) is 0. The Bertz CT molecular complexity index is 238. The first-order valence-corrected chi connectivity index (χ1v) is 4.73. The summed E-state index contributed by atoms with van der Waals surface area (Å²) in [5.41, 5.74) is 0.931. The molecule has 0 unspecified atom stereocenters. The molecular weight excluding hydrogens is 184 g/mol. The van der Waals surface area contributed by atoms with Gasteiger partial charge in [-0.05, 0) is 13.8 Å². The molecule has 1 rings (SSSR count). The Morgan fingerprint density at radius 1 is 1.71 bits per heavy atom. The Kier molecular flexibility index (Phi) is 3.88. The number of oxime groups is 1. The second-order valence-electron chi connectivity index (χ2n) is 3.64. The van der Waals surface area contributed by atoms with Crippen molar-refractivity contribution in [1.29, 1.82) is 0 Å². The van der Waals surface area contributed by atoms with Crippen LogP contribution in [0.1, 0.15) is 20.3 Å². The average Bonchev–Trinajstić information content (AvgIpc) is 2.52. The van der Waals surface area contributed by atoms with E-state index in [1.54, 1.807) is 0 Å². The van der Waals surface area contributed by atoms with Gasteiger partial charge in [-0.3, -0.25) is 4.90 Å². The molecule has 0 bridgehead atoms. The molecule has 1 aliphatic rings. The molecule has 14 heavy (non-hydrogen) atoms. The van der Waals surface area contributed by atoms with Gasteiger partial charge in [0.15, 0.2) is 0 Å². The third-order valence-corrected chi connectivity index (χ3v) is 2.19. The van der Waals surface area contributed by atoms with Crippen molar-refractivity contribution in [2.45, 2.75) is 26.3 Å². The molecule has 1 heterocycles. The molecule has 0 aliphatic carbocycles. The second-order valence-corrected chi connectivity index (χ2v) is 3.64. The first-order chi connectivity index (χ1) is 6.59. The summed E-state index contributed by atoms with van der Waals surface area (Å²) in [4.78, 5) is 17.1. The molecule has 1 N–H and O–H groups in total. The van der Waals surface area contributed by atoms with E-state index >= 15 is 0 Å². The first kappa shape index (κ1) is 11.0. The maximum absolute atomic E-state index is 10.1. The van der Waals surface area contributed by atoms with Gasteiger partial charge in [-0.25, -0.2) is 4.79 Å². The molecule has 0 saturated carbocycles. The van der Waals surface area contributed by atoms with Crippen LogP contribution < -0.4 is 0 Å². The number of hydrogen-bond acceptors (Lipinski definition) is 4. The predicted molar refractivity (Wildman–Crippen MR) is 52.3 cm³/mol. The van der Waals surface area contributed by atoms with Crippen molar-refractivity contribution in [3.63, 3.8) is 0 Å². The quantitative estimate of drug-likeness (QED) is 0.673. The maximum atomic E-state index is 10.1. The molecule has 1 saturated heterocycles. The van der Waals surface area contributed by atoms with E-state index in [-0.39, 0.29) is 6.61 Å². The van der Waals surface area contributed by atoms with Crippen LogP contribution in [0.2, 0.25) is 0 Å². The highest BCUT2D eigenvalue weighted by atomic mass is 16.6. The molecule has 0 aromatic carbocycles. The molecule has 0 atom stereocenters. The highest BCUT2D eigenvalue weighted by Crippen LogP contribution is 2.09. The largest absolute Gasteiger partial charge is 0.479 e. The van der Waals surface area contributed by atoms with E-state index in [0.29, 0.717) is 6.04 Å². The van der Waals surface area contributed by atoms with Crippen LogP contribution in [-0.2, 0) is 9.63 Å². The summed E-state index contributed by atoms with van der Waals surface area (Å²) < 4.78 is 0. The Morgan fingerprint density at radius 2 is 2.43 bits per heavy atom. The monoisotopic (exact) mass is 200 g/mol. The van der Waals surface area contributed by atoms with Gasteiger partial charge in [0, 0.05) is 25.6 Å². The lowest BCUT2D eigenvalue weighted by atomic mass is 10.3. The molecule has 5 heteroatoms. The van der Waals surface area contributed by atoms with Crippen LogP contribution in [0.5, 0.6) is 0 Å². The maximum Gasteiger partial charge on any atom is 0.344 e. The molecule has 0 amide bonds. The van der Waals surface area contributed by atoms with E-state index in [1.807, 2.05) is 0 Å². The summed E-state index contributed by atoms with van der Waals surface area (Å²) in [6, 6.07) is 0.502. The summed E-state index contributed by atoms with van der Waals surface area (Å²) >= 11 is 0. The van der Waals surface area contributed by atoms with Gasteiger partial charge < -0.3 is 9.94 Å². The highest BCUT2D eigenvalue weighted by molar-refractivity contribution is 5.87. The van der Waals surface area contributed by atoms with E-state index in [1.165, 1.54) is 0 Å². The van der Waals surface area contributed by atoms with Gasteiger partial charge in [-0.1, -0.05) is 5.16 Å². The van der Waals surface area contributed by atoms with Crippen molar-refractivity contribution < 1.29 is 14.7 Å². The van der Waals surface area contributed by atoms with Gasteiger partial charge in [0.1, 0.15) is 0 Å². The number of hydrogen-bond donors (Lipinski definition) is 1. The van der Waals surface area contributed by atoms with E-state index < -0.39 is 5.97 Å². The third kappa shape index (κ3) is 3.33. The zero-order chi connectivity index (χ0) is 10.6. The van der Waals surface area contributed by atoms with Crippen LogP contribution in [0.25, 0.3) is 0 Å². The molecule has 0 spiro atoms. The molecule has 80 valence electrons. The Labute approximate surface area is 83.3 Å². The van der Waals surface area contributed by atoms with E-state index in [0.717, 1.165) is 25.2 Å². The molecule has 1 fully saturated rings. The fraction of sp³-hybridized carbons (Fsp3) is 0.778. The van der Waals surface area contributed by atoms with Crippen LogP contribution in [0.3, 0.4) is 0 Å². The minimum absolute atomic E-state index is 0.356. The van der Waals surface area contributed by atoms with Gasteiger partial charge in [-0.2, -0.15) is 0 Å². The molecular formula is C9H16N2O3. The van der Waals surface area contributed by atoms with Crippen molar-refractivity contribution in [2.24, 2.45) is 5.16 Å². The number of carboxylic acid groups (broad SMARTS) is 1. The van der Waals surface area contributed by atoms with Crippen LogP contribution in [0.15, 0.2) is 5.16 Å². The molecule has 0 aromatic heterocycles. The molecule has 5 nitrogen and oxygen atoms in total. The Balaban J connectivity index is 2.30. The summed E-state index contributed by atoms with van der Waals surface area (Å²) in [6.07, 6.45) is 0.873. The second kappa shape index (κ2) is 4.95. The van der Waals surface area contributed by atoms with Crippen molar-refractivity contribution in [1.82, 2.24) is 4.90 Å². The fourth-order valence-electron chi connectivity index (χ4n) is 1.36. The number of aliphatic carboxylic acids is 1. The van der Waals surface area contributed by atoms with Gasteiger partial charge in [-0.15, -0.1) is 0 Å². The van der Waals surface area contributed by atoms with Gasteiger partial charge >= 0.3 is 5.97 Å². The number of rotatable bonds is 4. The standard InChI is InChI=1S/C9H16N2O3/c1-7(2)11-4-3-8(5-11)10-14-6-9(12)13/h7H,3-6H2,1-2H3,(H,12,13). The Hall–Kier alpha value is -1.10. The van der Waals surface area contributed by atoms with Crippen LogP contribution in [0.4, 0.5) is 0 Å². The van der Waals surface area contributed by atoms with E-state index in [4.69, 9.17) is 5.11 Å². The SMILES string of the molecule is CC(C)N1CCC(=NOCC(=O)O)C1. The Morgan fingerprint density at radius 3 is 2.93 bits per heavy atom. The molecule has 0 aromatic rings. The fourth-order valence-corrected chi connectivity index (χ4v) is 1.36. The zero-order valence-corrected chi connectivity index (χ0v) is 8.56. The van der Waals surface area contributed by atoms with Gasteiger partial charge in [0.25, 0.3) is 0 Å². The number of nitrogens with zero attached hydrogens (tertiary/aromatic N) is 2.